The van der Waals surface area contributed by atoms with Gasteiger partial charge in [0.05, 0.1) is 5.69 Å². The number of isocyanates is 1. The van der Waals surface area contributed by atoms with Gasteiger partial charge in [-0.15, -0.1) is 0 Å². The van der Waals surface area contributed by atoms with Gasteiger partial charge in [0, 0.05) is 26.0 Å². The van der Waals surface area contributed by atoms with Gasteiger partial charge in [-0.2, -0.15) is 4.99 Å². The molecule has 0 spiro atoms. The number of fused-ring (bicyclic) bond motifs is 1. The quantitative estimate of drug-likeness (QED) is 0.576. The third-order valence-corrected chi connectivity index (χ3v) is 4.58. The van der Waals surface area contributed by atoms with Gasteiger partial charge in [-0.1, -0.05) is 12.5 Å². The molecule has 0 saturated heterocycles. The van der Waals surface area contributed by atoms with Crippen LogP contribution in [0.15, 0.2) is 64.1 Å². The minimum Gasteiger partial charge on any atom is -0.462 e. The number of nitrogens with zero attached hydrogens (tertiary/aromatic N) is 1. The highest BCUT2D eigenvalue weighted by molar-refractivity contribution is 5.50. The second-order valence-corrected chi connectivity index (χ2v) is 6.12. The van der Waals surface area contributed by atoms with Crippen molar-refractivity contribution in [2.24, 2.45) is 4.99 Å². The predicted octanol–water partition coefficient (Wildman–Crippen LogP) is 4.69. The van der Waals surface area contributed by atoms with Crippen molar-refractivity contribution in [2.45, 2.75) is 38.9 Å². The molecule has 1 aliphatic carbocycles. The van der Waals surface area contributed by atoms with Gasteiger partial charge < -0.3 is 14.2 Å². The summed E-state index contributed by atoms with van der Waals surface area (Å²) in [6, 6.07) is 6.94. The molecule has 1 aromatic rings. The topological polar surface area (TPSA) is 57.1 Å². The number of methoxy groups -OCH3 is 1. The van der Waals surface area contributed by atoms with Crippen molar-refractivity contribution in [1.29, 1.82) is 0 Å². The average Bonchev–Trinajstić information content (AvgIpc) is 2.63. The van der Waals surface area contributed by atoms with Crippen LogP contribution in [0.2, 0.25) is 0 Å². The Bertz CT molecular complexity index is 791. The number of carbonyl (C=O) groups excluding carboxylic acids is 1. The van der Waals surface area contributed by atoms with E-state index in [2.05, 4.69) is 18.8 Å². The summed E-state index contributed by atoms with van der Waals surface area (Å²) in [6.45, 7) is 4.18. The number of aliphatic imine (C=N–C) groups is 1. The highest BCUT2D eigenvalue weighted by atomic mass is 16.7. The monoisotopic (exact) mass is 339 g/mol. The molecule has 1 heterocycles. The standard InChI is InChI=1S/C20H21NO4/c1-4-20(23-3)12-14(2)18-10-9-17(11-19(18)25-20)24-16-7-5-15(6-8-16)21-13-22/h5-9,11H,4,10,12H2,1-3H3. The summed E-state index contributed by atoms with van der Waals surface area (Å²) in [6.07, 6.45) is 7.77. The molecule has 5 nitrogen and oxygen atoms in total. The summed E-state index contributed by atoms with van der Waals surface area (Å²) in [4.78, 5) is 13.8. The minimum atomic E-state index is -0.601. The van der Waals surface area contributed by atoms with Crippen molar-refractivity contribution in [3.05, 3.63) is 59.1 Å². The number of hydrogen-bond acceptors (Lipinski definition) is 5. The molecule has 2 aliphatic rings. The second-order valence-electron chi connectivity index (χ2n) is 6.12. The third-order valence-electron chi connectivity index (χ3n) is 4.58. The van der Waals surface area contributed by atoms with Gasteiger partial charge >= 0.3 is 0 Å². The third kappa shape index (κ3) is 3.58. The first-order valence-corrected chi connectivity index (χ1v) is 8.30. The largest absolute Gasteiger partial charge is 0.462 e. The Balaban J connectivity index is 1.80. The number of allylic oxidation sites excluding steroid dienone is 3. The fourth-order valence-electron chi connectivity index (χ4n) is 3.11. The molecular formula is C20H21NO4. The van der Waals surface area contributed by atoms with Crippen molar-refractivity contribution >= 4 is 11.8 Å². The lowest BCUT2D eigenvalue weighted by Crippen LogP contribution is -2.38. The summed E-state index contributed by atoms with van der Waals surface area (Å²) in [5, 5.41) is 0. The molecule has 0 N–H and O–H groups in total. The Morgan fingerprint density at radius 2 is 2.08 bits per heavy atom. The minimum absolute atomic E-state index is 0.544. The molecule has 130 valence electrons. The Kier molecular flexibility index (Phi) is 4.88. The summed E-state index contributed by atoms with van der Waals surface area (Å²) < 4.78 is 17.7. The van der Waals surface area contributed by atoms with Gasteiger partial charge in [0.25, 0.3) is 0 Å². The van der Waals surface area contributed by atoms with Crippen LogP contribution in [0.4, 0.5) is 5.69 Å². The van der Waals surface area contributed by atoms with E-state index in [0.717, 1.165) is 30.8 Å². The van der Waals surface area contributed by atoms with Gasteiger partial charge in [0.15, 0.2) is 0 Å². The van der Waals surface area contributed by atoms with Crippen molar-refractivity contribution in [1.82, 2.24) is 0 Å². The molecule has 0 fully saturated rings. The number of benzene rings is 1. The molecule has 0 amide bonds. The molecular weight excluding hydrogens is 318 g/mol. The molecule has 1 atom stereocenters. The first-order chi connectivity index (χ1) is 12.1. The lowest BCUT2D eigenvalue weighted by Gasteiger charge is -2.39. The van der Waals surface area contributed by atoms with E-state index in [1.165, 1.54) is 17.2 Å². The Hall–Kier alpha value is -2.62. The van der Waals surface area contributed by atoms with Crippen molar-refractivity contribution in [3.63, 3.8) is 0 Å². The molecule has 0 bridgehead atoms. The van der Waals surface area contributed by atoms with Crippen LogP contribution in [0.25, 0.3) is 0 Å². The molecule has 0 saturated carbocycles. The zero-order valence-electron chi connectivity index (χ0n) is 14.7. The Morgan fingerprint density at radius 3 is 2.72 bits per heavy atom. The van der Waals surface area contributed by atoms with E-state index in [-0.39, 0.29) is 0 Å². The van der Waals surface area contributed by atoms with Gasteiger partial charge in [-0.05, 0) is 49.3 Å². The maximum absolute atomic E-state index is 10.3. The van der Waals surface area contributed by atoms with Crippen molar-refractivity contribution in [3.8, 4) is 5.75 Å². The number of hydrogen-bond donors (Lipinski definition) is 0. The lowest BCUT2D eigenvalue weighted by atomic mass is 9.90. The van der Waals surface area contributed by atoms with Crippen LogP contribution in [0.5, 0.6) is 5.75 Å². The summed E-state index contributed by atoms with van der Waals surface area (Å²) in [5.41, 5.74) is 3.03. The summed E-state index contributed by atoms with van der Waals surface area (Å²) in [7, 11) is 1.68. The van der Waals surface area contributed by atoms with Crippen molar-refractivity contribution in [2.75, 3.05) is 7.11 Å². The predicted molar refractivity (Wildman–Crippen MR) is 94.1 cm³/mol. The maximum atomic E-state index is 10.3. The molecule has 1 aliphatic heterocycles. The number of rotatable bonds is 5. The zero-order valence-corrected chi connectivity index (χ0v) is 14.7. The zero-order chi connectivity index (χ0) is 17.9. The van der Waals surface area contributed by atoms with Gasteiger partial charge in [-0.25, -0.2) is 4.79 Å². The van der Waals surface area contributed by atoms with Crippen molar-refractivity contribution < 1.29 is 19.0 Å². The smallest absolute Gasteiger partial charge is 0.240 e. The molecule has 1 aromatic carbocycles. The molecule has 5 heteroatoms. The first kappa shape index (κ1) is 17.2. The van der Waals surface area contributed by atoms with Crippen LogP contribution < -0.4 is 4.74 Å². The molecule has 25 heavy (non-hydrogen) atoms. The van der Waals surface area contributed by atoms with E-state index < -0.39 is 5.79 Å². The Labute approximate surface area is 147 Å². The van der Waals surface area contributed by atoms with Crippen LogP contribution >= 0.6 is 0 Å². The SMILES string of the molecule is CCC1(OC)CC(C)=C2CC=C(Oc3ccc(N=C=O)cc3)C=C2O1. The average molecular weight is 339 g/mol. The van der Waals surface area contributed by atoms with E-state index in [4.69, 9.17) is 14.2 Å². The van der Waals surface area contributed by atoms with Gasteiger partial charge in [0.1, 0.15) is 17.3 Å². The van der Waals surface area contributed by atoms with E-state index in [9.17, 15) is 4.79 Å². The highest BCUT2D eigenvalue weighted by Gasteiger charge is 2.37. The normalized spacial score (nSPS) is 22.2. The Morgan fingerprint density at radius 1 is 1.32 bits per heavy atom. The molecule has 1 unspecified atom stereocenters. The molecule has 3 rings (SSSR count). The highest BCUT2D eigenvalue weighted by Crippen LogP contribution is 2.41. The van der Waals surface area contributed by atoms with Gasteiger partial charge in [-0.3, -0.25) is 0 Å². The van der Waals surface area contributed by atoms with Crippen LogP contribution in [-0.4, -0.2) is 19.0 Å². The first-order valence-electron chi connectivity index (χ1n) is 8.30. The van der Waals surface area contributed by atoms with Crippen LogP contribution in [0.1, 0.15) is 33.1 Å². The molecule has 0 aromatic heterocycles. The fourth-order valence-corrected chi connectivity index (χ4v) is 3.11. The van der Waals surface area contributed by atoms with Gasteiger partial charge in [0.2, 0.25) is 11.9 Å². The lowest BCUT2D eigenvalue weighted by molar-refractivity contribution is -0.203. The van der Waals surface area contributed by atoms with E-state index in [1.807, 2.05) is 12.2 Å². The number of ether oxygens (including phenoxy) is 3. The van der Waals surface area contributed by atoms with E-state index in [1.54, 1.807) is 31.4 Å². The molecule has 0 radical (unpaired) electrons. The van der Waals surface area contributed by atoms with E-state index >= 15 is 0 Å². The van der Waals surface area contributed by atoms with E-state index in [0.29, 0.717) is 11.4 Å². The second kappa shape index (κ2) is 7.09. The van der Waals surface area contributed by atoms with Crippen LogP contribution in [0.3, 0.4) is 0 Å². The van der Waals surface area contributed by atoms with Crippen LogP contribution in [-0.2, 0) is 14.3 Å². The van der Waals surface area contributed by atoms with Crippen LogP contribution in [0, 0.1) is 0 Å². The summed E-state index contributed by atoms with van der Waals surface area (Å²) in [5.74, 6) is 1.60. The fraction of sp³-hybridized carbons (Fsp3) is 0.350. The maximum Gasteiger partial charge on any atom is 0.240 e. The summed E-state index contributed by atoms with van der Waals surface area (Å²) >= 11 is 0.